The number of likely N-dealkylation sites (tertiary alicyclic amines) is 1. The normalized spacial score (nSPS) is 18.3. The maximum absolute atomic E-state index is 12.6. The number of aromatic nitrogens is 1. The zero-order chi connectivity index (χ0) is 15.2. The Kier molecular flexibility index (Phi) is 5.56. The molecule has 0 saturated carbocycles. The molecule has 21 heavy (non-hydrogen) atoms. The topological polar surface area (TPSA) is 48.5 Å². The molecule has 2 heterocycles. The first kappa shape index (κ1) is 15.8. The summed E-state index contributed by atoms with van der Waals surface area (Å²) in [7, 11) is 0. The van der Waals surface area contributed by atoms with Gasteiger partial charge in [-0.1, -0.05) is 13.8 Å². The van der Waals surface area contributed by atoms with Crippen LogP contribution in [0.2, 0.25) is 0 Å². The number of anilines is 1. The van der Waals surface area contributed by atoms with E-state index in [1.807, 2.05) is 17.9 Å². The smallest absolute Gasteiger partial charge is 0.254 e. The number of likely N-dealkylation sites (N-methyl/N-ethyl adjacent to an activating group) is 1. The molecule has 1 atom stereocenters. The third-order valence-corrected chi connectivity index (χ3v) is 4.14. The summed E-state index contributed by atoms with van der Waals surface area (Å²) in [5, 5.41) is 3.15. The highest BCUT2D eigenvalue weighted by molar-refractivity contribution is 5.95. The molecule has 5 heteroatoms. The number of nitrogens with one attached hydrogen (secondary N) is 1. The summed E-state index contributed by atoms with van der Waals surface area (Å²) in [6.45, 7) is 11.0. The molecular weight excluding hydrogens is 264 g/mol. The van der Waals surface area contributed by atoms with E-state index in [2.05, 4.69) is 29.0 Å². The first-order valence-corrected chi connectivity index (χ1v) is 7.92. The van der Waals surface area contributed by atoms with Crippen LogP contribution in [0.1, 0.15) is 37.6 Å². The first-order chi connectivity index (χ1) is 10.2. The van der Waals surface area contributed by atoms with Gasteiger partial charge < -0.3 is 10.2 Å². The van der Waals surface area contributed by atoms with Crippen molar-refractivity contribution in [3.8, 4) is 0 Å². The van der Waals surface area contributed by atoms with Gasteiger partial charge in [0.2, 0.25) is 0 Å². The van der Waals surface area contributed by atoms with Crippen LogP contribution in [0, 0.1) is 0 Å². The lowest BCUT2D eigenvalue weighted by molar-refractivity contribution is 0.0778. The van der Waals surface area contributed by atoms with Crippen molar-refractivity contribution >= 4 is 11.7 Å². The number of hydrogen-bond donors (Lipinski definition) is 1. The van der Waals surface area contributed by atoms with Crippen LogP contribution in [-0.2, 0) is 0 Å². The van der Waals surface area contributed by atoms with Crippen LogP contribution in [0.15, 0.2) is 18.3 Å². The van der Waals surface area contributed by atoms with Crippen LogP contribution in [0.4, 0.5) is 5.82 Å². The maximum atomic E-state index is 12.6. The predicted octanol–water partition coefficient (Wildman–Crippen LogP) is 2.07. The van der Waals surface area contributed by atoms with Gasteiger partial charge in [-0.25, -0.2) is 4.98 Å². The van der Waals surface area contributed by atoms with Crippen molar-refractivity contribution in [3.05, 3.63) is 23.9 Å². The van der Waals surface area contributed by atoms with E-state index in [-0.39, 0.29) is 5.91 Å². The Morgan fingerprint density at radius 3 is 2.86 bits per heavy atom. The summed E-state index contributed by atoms with van der Waals surface area (Å²) in [6.07, 6.45) is 2.77. The van der Waals surface area contributed by atoms with E-state index in [1.165, 1.54) is 0 Å². The Balaban J connectivity index is 2.02. The molecule has 1 aromatic rings. The van der Waals surface area contributed by atoms with E-state index >= 15 is 0 Å². The van der Waals surface area contributed by atoms with Crippen LogP contribution in [0.25, 0.3) is 0 Å². The lowest BCUT2D eigenvalue weighted by atomic mass is 10.2. The SMILES string of the molecule is CCNc1cc(C(=O)N2CCC(N(CC)CC)C2)ccn1. The number of rotatable bonds is 6. The van der Waals surface area contributed by atoms with Crippen LogP contribution in [-0.4, -0.2) is 59.5 Å². The minimum absolute atomic E-state index is 0.117. The molecule has 5 nitrogen and oxygen atoms in total. The average Bonchev–Trinajstić information content (AvgIpc) is 2.98. The fourth-order valence-electron chi connectivity index (χ4n) is 2.99. The Labute approximate surface area is 127 Å². The van der Waals surface area contributed by atoms with Crippen LogP contribution >= 0.6 is 0 Å². The van der Waals surface area contributed by atoms with E-state index in [0.717, 1.165) is 50.5 Å². The third kappa shape index (κ3) is 3.73. The Morgan fingerprint density at radius 2 is 2.19 bits per heavy atom. The molecule has 1 aliphatic rings. The van der Waals surface area contributed by atoms with E-state index < -0.39 is 0 Å². The number of carbonyl (C=O) groups is 1. The molecule has 0 bridgehead atoms. The quantitative estimate of drug-likeness (QED) is 0.871. The van der Waals surface area contributed by atoms with Gasteiger partial charge in [0, 0.05) is 37.4 Å². The second kappa shape index (κ2) is 7.41. The van der Waals surface area contributed by atoms with E-state index in [0.29, 0.717) is 6.04 Å². The second-order valence-electron chi connectivity index (χ2n) is 5.37. The van der Waals surface area contributed by atoms with E-state index in [4.69, 9.17) is 0 Å². The van der Waals surface area contributed by atoms with Crippen molar-refractivity contribution in [2.24, 2.45) is 0 Å². The molecule has 116 valence electrons. The predicted molar refractivity (Wildman–Crippen MR) is 85.6 cm³/mol. The monoisotopic (exact) mass is 290 g/mol. The molecule has 2 rings (SSSR count). The van der Waals surface area contributed by atoms with Gasteiger partial charge in [0.15, 0.2) is 0 Å². The lowest BCUT2D eigenvalue weighted by Crippen LogP contribution is -2.38. The molecule has 1 fully saturated rings. The minimum atomic E-state index is 0.117. The van der Waals surface area contributed by atoms with Gasteiger partial charge in [-0.2, -0.15) is 0 Å². The number of nitrogens with zero attached hydrogens (tertiary/aromatic N) is 3. The summed E-state index contributed by atoms with van der Waals surface area (Å²) in [5.74, 6) is 0.883. The number of carbonyl (C=O) groups excluding carboxylic acids is 1. The summed E-state index contributed by atoms with van der Waals surface area (Å²) in [5.41, 5.74) is 0.723. The molecule has 1 unspecified atom stereocenters. The van der Waals surface area contributed by atoms with Gasteiger partial charge in [-0.05, 0) is 38.6 Å². The molecule has 0 aromatic carbocycles. The molecule has 1 amide bonds. The van der Waals surface area contributed by atoms with Crippen LogP contribution < -0.4 is 5.32 Å². The zero-order valence-corrected chi connectivity index (χ0v) is 13.3. The van der Waals surface area contributed by atoms with Crippen molar-refractivity contribution in [2.45, 2.75) is 33.2 Å². The van der Waals surface area contributed by atoms with Gasteiger partial charge in [-0.15, -0.1) is 0 Å². The lowest BCUT2D eigenvalue weighted by Gasteiger charge is -2.26. The Hall–Kier alpha value is -1.62. The van der Waals surface area contributed by atoms with Crippen molar-refractivity contribution in [1.82, 2.24) is 14.8 Å². The summed E-state index contributed by atoms with van der Waals surface area (Å²) in [4.78, 5) is 21.2. The van der Waals surface area contributed by atoms with Crippen molar-refractivity contribution in [3.63, 3.8) is 0 Å². The van der Waals surface area contributed by atoms with Crippen molar-refractivity contribution in [2.75, 3.05) is 38.0 Å². The maximum Gasteiger partial charge on any atom is 0.254 e. The third-order valence-electron chi connectivity index (χ3n) is 4.14. The summed E-state index contributed by atoms with van der Waals surface area (Å²) < 4.78 is 0. The average molecular weight is 290 g/mol. The summed E-state index contributed by atoms with van der Waals surface area (Å²) >= 11 is 0. The number of hydrogen-bond acceptors (Lipinski definition) is 4. The Morgan fingerprint density at radius 1 is 1.43 bits per heavy atom. The highest BCUT2D eigenvalue weighted by atomic mass is 16.2. The highest BCUT2D eigenvalue weighted by Gasteiger charge is 2.29. The first-order valence-electron chi connectivity index (χ1n) is 7.92. The second-order valence-corrected chi connectivity index (χ2v) is 5.37. The van der Waals surface area contributed by atoms with E-state index in [9.17, 15) is 4.79 Å². The van der Waals surface area contributed by atoms with Crippen LogP contribution in [0.5, 0.6) is 0 Å². The van der Waals surface area contributed by atoms with Crippen molar-refractivity contribution in [1.29, 1.82) is 0 Å². The Bertz CT molecular complexity index is 473. The minimum Gasteiger partial charge on any atom is -0.370 e. The molecule has 0 radical (unpaired) electrons. The highest BCUT2D eigenvalue weighted by Crippen LogP contribution is 2.18. The summed E-state index contributed by atoms with van der Waals surface area (Å²) in [6, 6.07) is 4.14. The largest absolute Gasteiger partial charge is 0.370 e. The van der Waals surface area contributed by atoms with Gasteiger partial charge in [0.25, 0.3) is 5.91 Å². The molecule has 1 N–H and O–H groups in total. The zero-order valence-electron chi connectivity index (χ0n) is 13.3. The standard InChI is InChI=1S/C16H26N4O/c1-4-17-15-11-13(7-9-18-15)16(21)20-10-8-14(12-20)19(5-2)6-3/h7,9,11,14H,4-6,8,10,12H2,1-3H3,(H,17,18). The van der Waals surface area contributed by atoms with Crippen molar-refractivity contribution < 1.29 is 4.79 Å². The molecule has 0 aliphatic carbocycles. The van der Waals surface area contributed by atoms with Gasteiger partial charge in [-0.3, -0.25) is 9.69 Å². The molecular formula is C16H26N4O. The van der Waals surface area contributed by atoms with Gasteiger partial charge >= 0.3 is 0 Å². The number of pyridine rings is 1. The number of amides is 1. The molecule has 1 saturated heterocycles. The molecule has 1 aromatic heterocycles. The fourth-order valence-corrected chi connectivity index (χ4v) is 2.99. The van der Waals surface area contributed by atoms with Crippen LogP contribution in [0.3, 0.4) is 0 Å². The van der Waals surface area contributed by atoms with E-state index in [1.54, 1.807) is 12.3 Å². The van der Waals surface area contributed by atoms with Gasteiger partial charge in [0.05, 0.1) is 0 Å². The molecule has 1 aliphatic heterocycles. The molecule has 0 spiro atoms. The fraction of sp³-hybridized carbons (Fsp3) is 0.625. The van der Waals surface area contributed by atoms with Gasteiger partial charge in [0.1, 0.15) is 5.82 Å².